The van der Waals surface area contributed by atoms with E-state index < -0.39 is 0 Å². The van der Waals surface area contributed by atoms with E-state index in [0.717, 1.165) is 37.3 Å². The van der Waals surface area contributed by atoms with Gasteiger partial charge in [0.2, 0.25) is 0 Å². The number of amidine groups is 2. The molecule has 196 valence electrons. The van der Waals surface area contributed by atoms with Crippen molar-refractivity contribution in [1.82, 2.24) is 0 Å². The third-order valence-corrected chi connectivity index (χ3v) is 7.63. The highest BCUT2D eigenvalue weighted by Crippen LogP contribution is 2.24. The normalized spacial score (nSPS) is 19.8. The lowest BCUT2D eigenvalue weighted by Gasteiger charge is -2.37. The Bertz CT molecular complexity index is 918. The van der Waals surface area contributed by atoms with Crippen LogP contribution in [0.3, 0.4) is 0 Å². The highest BCUT2D eigenvalue weighted by atomic mass is 35.5. The summed E-state index contributed by atoms with van der Waals surface area (Å²) in [6, 6.07) is 18.0. The molecule has 3 aliphatic rings. The number of nitrogens with zero attached hydrogens (tertiary/aromatic N) is 4. The summed E-state index contributed by atoms with van der Waals surface area (Å²) in [5.74, 6) is 1.36. The molecule has 0 radical (unpaired) electrons. The molecule has 0 unspecified atom stereocenters. The van der Waals surface area contributed by atoms with Crippen molar-refractivity contribution < 1.29 is 0 Å². The van der Waals surface area contributed by atoms with Crippen molar-refractivity contribution in [3.05, 3.63) is 59.7 Å². The Labute approximate surface area is 228 Å². The van der Waals surface area contributed by atoms with Gasteiger partial charge in [0.15, 0.2) is 0 Å². The number of aliphatic imine (C=N–C) groups is 2. The molecule has 2 aliphatic carbocycles. The Balaban J connectivity index is 0.00000180. The molecule has 1 heterocycles. The van der Waals surface area contributed by atoms with Crippen molar-refractivity contribution in [3.63, 3.8) is 0 Å². The molecule has 2 saturated carbocycles. The number of halogens is 2. The molecular formula is C28H40Cl2N6. The van der Waals surface area contributed by atoms with Crippen LogP contribution in [0, 0.1) is 0 Å². The van der Waals surface area contributed by atoms with Crippen molar-refractivity contribution in [2.75, 3.05) is 36.0 Å². The molecule has 1 saturated heterocycles. The zero-order chi connectivity index (χ0) is 23.3. The zero-order valence-corrected chi connectivity index (χ0v) is 22.7. The molecule has 2 aromatic rings. The first-order valence-electron chi connectivity index (χ1n) is 13.0. The van der Waals surface area contributed by atoms with Crippen LogP contribution in [0.4, 0.5) is 11.4 Å². The zero-order valence-electron chi connectivity index (χ0n) is 21.0. The van der Waals surface area contributed by atoms with Crippen LogP contribution < -0.4 is 21.3 Å². The molecule has 0 amide bonds. The maximum atomic E-state index is 6.27. The van der Waals surface area contributed by atoms with Crippen LogP contribution in [0.15, 0.2) is 58.5 Å². The van der Waals surface area contributed by atoms with Gasteiger partial charge < -0.3 is 21.3 Å². The average Bonchev–Trinajstić information content (AvgIpc) is 3.59. The second-order valence-corrected chi connectivity index (χ2v) is 9.97. The van der Waals surface area contributed by atoms with Crippen molar-refractivity contribution >= 4 is 47.9 Å². The maximum Gasteiger partial charge on any atom is 0.125 e. The number of anilines is 2. The van der Waals surface area contributed by atoms with Crippen LogP contribution in [-0.2, 0) is 0 Å². The molecule has 3 fully saturated rings. The van der Waals surface area contributed by atoms with E-state index in [1.54, 1.807) is 0 Å². The van der Waals surface area contributed by atoms with Gasteiger partial charge in [-0.2, -0.15) is 0 Å². The van der Waals surface area contributed by atoms with E-state index in [4.69, 9.17) is 21.5 Å². The van der Waals surface area contributed by atoms with E-state index in [1.807, 2.05) is 0 Å². The number of nitrogens with two attached hydrogens (primary N) is 2. The molecule has 1 aliphatic heterocycles. The van der Waals surface area contributed by atoms with E-state index in [0.29, 0.717) is 23.8 Å². The molecule has 2 aromatic carbocycles. The molecule has 0 aromatic heterocycles. The minimum absolute atomic E-state index is 0. The summed E-state index contributed by atoms with van der Waals surface area (Å²) in [5.41, 5.74) is 17.1. The van der Waals surface area contributed by atoms with Gasteiger partial charge in [0.05, 0.1) is 12.1 Å². The van der Waals surface area contributed by atoms with Crippen LogP contribution in [0.5, 0.6) is 0 Å². The van der Waals surface area contributed by atoms with E-state index in [1.165, 1.54) is 62.7 Å². The summed E-state index contributed by atoms with van der Waals surface area (Å²) >= 11 is 0. The van der Waals surface area contributed by atoms with Crippen LogP contribution in [-0.4, -0.2) is 49.9 Å². The Morgan fingerprint density at radius 1 is 0.556 bits per heavy atom. The van der Waals surface area contributed by atoms with Crippen LogP contribution in [0.25, 0.3) is 0 Å². The van der Waals surface area contributed by atoms with E-state index in [2.05, 4.69) is 58.3 Å². The minimum Gasteiger partial charge on any atom is -0.383 e. The largest absolute Gasteiger partial charge is 0.383 e. The Kier molecular flexibility index (Phi) is 10.3. The van der Waals surface area contributed by atoms with Gasteiger partial charge in [-0.15, -0.1) is 24.8 Å². The standard InChI is InChI=1S/C28H38N6.2ClH/c29-27(31-23-5-1-2-6-23)21-9-13-25(14-10-21)33-17-19-34(20-18-33)26-15-11-22(12-16-26)28(30)32-24-7-3-4-8-24;;/h9-16,23-24H,1-8,17-20H2,(H2,29,31)(H2,30,32);2*1H. The lowest BCUT2D eigenvalue weighted by Crippen LogP contribution is -2.46. The number of benzene rings is 2. The second-order valence-electron chi connectivity index (χ2n) is 9.97. The Morgan fingerprint density at radius 3 is 1.17 bits per heavy atom. The van der Waals surface area contributed by atoms with Gasteiger partial charge in [0.1, 0.15) is 11.7 Å². The molecular weight excluding hydrogens is 491 g/mol. The van der Waals surface area contributed by atoms with Gasteiger partial charge in [-0.25, -0.2) is 0 Å². The van der Waals surface area contributed by atoms with E-state index in [-0.39, 0.29) is 24.8 Å². The highest BCUT2D eigenvalue weighted by molar-refractivity contribution is 5.98. The molecule has 36 heavy (non-hydrogen) atoms. The molecule has 0 bridgehead atoms. The summed E-state index contributed by atoms with van der Waals surface area (Å²) in [5, 5.41) is 0. The highest BCUT2D eigenvalue weighted by Gasteiger charge is 2.19. The summed E-state index contributed by atoms with van der Waals surface area (Å²) in [4.78, 5) is 14.4. The van der Waals surface area contributed by atoms with Gasteiger partial charge in [0, 0.05) is 48.7 Å². The third kappa shape index (κ3) is 6.86. The molecule has 5 rings (SSSR count). The minimum atomic E-state index is 0. The number of piperazine rings is 1. The van der Waals surface area contributed by atoms with Crippen LogP contribution in [0.1, 0.15) is 62.5 Å². The molecule has 6 nitrogen and oxygen atoms in total. The summed E-state index contributed by atoms with van der Waals surface area (Å²) in [6.45, 7) is 3.99. The fourth-order valence-corrected chi connectivity index (χ4v) is 5.52. The lowest BCUT2D eigenvalue weighted by molar-refractivity contribution is 0.653. The summed E-state index contributed by atoms with van der Waals surface area (Å²) in [7, 11) is 0. The first-order chi connectivity index (χ1) is 16.7. The number of hydrogen-bond donors (Lipinski definition) is 2. The monoisotopic (exact) mass is 530 g/mol. The van der Waals surface area contributed by atoms with E-state index >= 15 is 0 Å². The van der Waals surface area contributed by atoms with Crippen LogP contribution in [0.2, 0.25) is 0 Å². The first-order valence-corrected chi connectivity index (χ1v) is 13.0. The molecule has 8 heteroatoms. The van der Waals surface area contributed by atoms with Gasteiger partial charge >= 0.3 is 0 Å². The van der Waals surface area contributed by atoms with Gasteiger partial charge in [-0.3, -0.25) is 9.98 Å². The molecule has 0 spiro atoms. The summed E-state index contributed by atoms with van der Waals surface area (Å²) < 4.78 is 0. The number of hydrogen-bond acceptors (Lipinski definition) is 4. The smallest absolute Gasteiger partial charge is 0.125 e. The Hall–Kier alpha value is -2.44. The topological polar surface area (TPSA) is 83.2 Å². The molecule has 4 N–H and O–H groups in total. The SMILES string of the molecule is Cl.Cl.NC(=NC1CCCC1)c1ccc(N2CCN(c3ccc(C(N)=NC4CCCC4)cc3)CC2)cc1. The second kappa shape index (κ2) is 13.2. The maximum absolute atomic E-state index is 6.27. The fraction of sp³-hybridized carbons (Fsp3) is 0.500. The first kappa shape index (κ1) is 28.1. The van der Waals surface area contributed by atoms with E-state index in [9.17, 15) is 0 Å². The lowest BCUT2D eigenvalue weighted by atomic mass is 10.1. The van der Waals surface area contributed by atoms with Crippen molar-refractivity contribution in [1.29, 1.82) is 0 Å². The van der Waals surface area contributed by atoms with Gasteiger partial charge in [-0.1, -0.05) is 25.7 Å². The van der Waals surface area contributed by atoms with Crippen molar-refractivity contribution in [3.8, 4) is 0 Å². The van der Waals surface area contributed by atoms with Gasteiger partial charge in [-0.05, 0) is 74.2 Å². The number of rotatable bonds is 6. The fourth-order valence-electron chi connectivity index (χ4n) is 5.52. The quantitative estimate of drug-likeness (QED) is 0.399. The predicted octanol–water partition coefficient (Wildman–Crippen LogP) is 5.15. The third-order valence-electron chi connectivity index (χ3n) is 7.63. The van der Waals surface area contributed by atoms with Crippen molar-refractivity contribution in [2.24, 2.45) is 21.5 Å². The summed E-state index contributed by atoms with van der Waals surface area (Å²) in [6.07, 6.45) is 9.80. The average molecular weight is 532 g/mol. The van der Waals surface area contributed by atoms with Crippen LogP contribution >= 0.6 is 24.8 Å². The molecule has 0 atom stereocenters. The van der Waals surface area contributed by atoms with Gasteiger partial charge in [0.25, 0.3) is 0 Å². The Morgan fingerprint density at radius 2 is 0.861 bits per heavy atom. The predicted molar refractivity (Wildman–Crippen MR) is 158 cm³/mol. The van der Waals surface area contributed by atoms with Crippen molar-refractivity contribution in [2.45, 2.75) is 63.5 Å².